The van der Waals surface area contributed by atoms with Crippen LogP contribution in [-0.2, 0) is 8.23 Å². The van der Waals surface area contributed by atoms with E-state index in [9.17, 15) is 0 Å². The maximum atomic E-state index is 6.56. The third kappa shape index (κ3) is 11.1. The molecule has 0 saturated carbocycles. The lowest BCUT2D eigenvalue weighted by molar-refractivity contribution is 0.552. The molecule has 0 amide bonds. The molecule has 0 rings (SSSR count). The van der Waals surface area contributed by atoms with Crippen LogP contribution < -0.4 is 0 Å². The summed E-state index contributed by atoms with van der Waals surface area (Å²) in [6, 6.07) is 2.23. The normalized spacial score (nSPS) is 14.4. The van der Waals surface area contributed by atoms with E-state index >= 15 is 0 Å². The molecule has 0 fully saturated rings. The zero-order chi connectivity index (χ0) is 22.7. The Kier molecular flexibility index (Phi) is 12.0. The highest BCUT2D eigenvalue weighted by Gasteiger charge is 2.50. The smallest absolute Gasteiger partial charge is 0.274 e. The van der Waals surface area contributed by atoms with Gasteiger partial charge in [0.2, 0.25) is 0 Å². The number of hydrogen-bond donors (Lipinski definition) is 0. The van der Waals surface area contributed by atoms with Crippen molar-refractivity contribution in [3.63, 3.8) is 0 Å². The van der Waals surface area contributed by atoms with Crippen molar-refractivity contribution in [1.82, 2.24) is 0 Å². The van der Waals surface area contributed by atoms with Gasteiger partial charge in [-0.1, -0.05) is 5.44 Å². The number of rotatable bonds is 12. The molecular formula is C10H26B10Cl2O2Si4. The zero-order valence-corrected chi connectivity index (χ0v) is 24.0. The monoisotopic (exact) mass is 470 g/mol. The van der Waals surface area contributed by atoms with Crippen LogP contribution >= 0.6 is 22.2 Å². The van der Waals surface area contributed by atoms with Crippen molar-refractivity contribution in [2.75, 3.05) is 0 Å². The van der Waals surface area contributed by atoms with Crippen LogP contribution in [0.5, 0.6) is 0 Å². The van der Waals surface area contributed by atoms with E-state index in [1.165, 1.54) is 7.06 Å². The van der Waals surface area contributed by atoms with Crippen molar-refractivity contribution in [2.45, 2.75) is 57.8 Å². The second-order valence-electron chi connectivity index (χ2n) is 9.33. The van der Waals surface area contributed by atoms with Crippen molar-refractivity contribution < 1.29 is 8.23 Å². The van der Waals surface area contributed by atoms with Gasteiger partial charge in [-0.3, -0.25) is 0 Å². The molecule has 0 aliphatic rings. The van der Waals surface area contributed by atoms with Crippen LogP contribution in [0.4, 0.5) is 0 Å². The minimum absolute atomic E-state index is 0.118. The third-order valence-corrected chi connectivity index (χ3v) is 17.5. The molecule has 0 aromatic rings. The summed E-state index contributed by atoms with van der Waals surface area (Å²) in [5, 5.41) is 0. The van der Waals surface area contributed by atoms with E-state index in [2.05, 4.69) is 32.2 Å². The Hall–Kier alpha value is 2.02. The standard InChI is InChI=1S/C10H26B10Cl2O2Si4/c1-25(2,23-27(5,6)21)9-10(26(3,4)24-28(7,8)22)17(18(12)13)20(16-11)19(14)15/h9-10H,1-8H3. The molecule has 18 heteroatoms. The van der Waals surface area contributed by atoms with E-state index in [1.54, 1.807) is 0 Å². The van der Waals surface area contributed by atoms with Gasteiger partial charge in [0, 0.05) is 71.4 Å². The predicted molar refractivity (Wildman–Crippen MR) is 149 cm³/mol. The summed E-state index contributed by atoms with van der Waals surface area (Å²) in [6.45, 7) is 15.9. The lowest BCUT2D eigenvalue weighted by Gasteiger charge is -2.47. The van der Waals surface area contributed by atoms with Gasteiger partial charge in [0.15, 0.2) is 16.6 Å². The van der Waals surface area contributed by atoms with E-state index < -0.39 is 44.7 Å². The molecule has 0 bridgehead atoms. The Morgan fingerprint density at radius 2 is 1.25 bits per heavy atom. The van der Waals surface area contributed by atoms with Gasteiger partial charge < -0.3 is 8.23 Å². The summed E-state index contributed by atoms with van der Waals surface area (Å²) < 4.78 is 12.8. The summed E-state index contributed by atoms with van der Waals surface area (Å²) in [5.41, 5.74) is -0.118. The van der Waals surface area contributed by atoms with Crippen LogP contribution in [-0.4, -0.2) is 103 Å². The molecule has 0 aliphatic carbocycles. The Morgan fingerprint density at radius 1 is 0.821 bits per heavy atom. The summed E-state index contributed by atoms with van der Waals surface area (Å²) in [7, 11) is 22.5. The van der Waals surface area contributed by atoms with Gasteiger partial charge in [0.05, 0.1) is 0 Å². The molecule has 0 heterocycles. The van der Waals surface area contributed by atoms with E-state index in [0.717, 1.165) is 0 Å². The minimum atomic E-state index is -2.45. The number of halogens is 2. The molecule has 0 aromatic heterocycles. The fourth-order valence-corrected chi connectivity index (χ4v) is 23.5. The zero-order valence-electron chi connectivity index (χ0n) is 18.5. The SMILES string of the molecule is [B][B]B(B([B])[B])B(B([B])[B])C([CH][Si](C)(C)O[Si](C)(C)Cl)[Si](C)(C)O[Si](C)(C)Cl. The first-order valence-corrected chi connectivity index (χ1v) is 23.2. The lowest BCUT2D eigenvalue weighted by Crippen LogP contribution is -2.69. The van der Waals surface area contributed by atoms with Gasteiger partial charge in [0.1, 0.15) is 0 Å². The quantitative estimate of drug-likeness (QED) is 0.315. The van der Waals surface area contributed by atoms with Crippen LogP contribution in [0.3, 0.4) is 0 Å². The van der Waals surface area contributed by atoms with Crippen LogP contribution in [0.1, 0.15) is 0 Å². The van der Waals surface area contributed by atoms with E-state index in [4.69, 9.17) is 69.1 Å². The Labute approximate surface area is 196 Å². The van der Waals surface area contributed by atoms with Crippen LogP contribution in [0.15, 0.2) is 0 Å². The van der Waals surface area contributed by atoms with Gasteiger partial charge in [-0.2, -0.15) is 0 Å². The highest BCUT2D eigenvalue weighted by molar-refractivity contribution is 7.96. The Morgan fingerprint density at radius 3 is 1.54 bits per heavy atom. The lowest BCUT2D eigenvalue weighted by atomic mass is 8.60. The molecular weight excluding hydrogens is 443 g/mol. The predicted octanol–water partition coefficient (Wildman–Crippen LogP) is 1.12. The average Bonchev–Trinajstić information content (AvgIpc) is 2.35. The second-order valence-corrected chi connectivity index (χ2v) is 29.3. The Bertz CT molecular complexity index is 492. The van der Waals surface area contributed by atoms with Gasteiger partial charge >= 0.3 is 0 Å². The average molecular weight is 470 g/mol. The highest BCUT2D eigenvalue weighted by atomic mass is 35.6. The first-order chi connectivity index (χ1) is 12.2. The molecule has 1 atom stereocenters. The van der Waals surface area contributed by atoms with Crippen molar-refractivity contribution in [1.29, 1.82) is 0 Å². The maximum absolute atomic E-state index is 6.56. The molecule has 1 unspecified atom stereocenters. The van der Waals surface area contributed by atoms with E-state index in [0.29, 0.717) is 0 Å². The summed E-state index contributed by atoms with van der Waals surface area (Å²) in [4.78, 5) is 0. The molecule has 28 heavy (non-hydrogen) atoms. The molecule has 0 spiro atoms. The van der Waals surface area contributed by atoms with Crippen molar-refractivity contribution >= 4 is 125 Å². The summed E-state index contributed by atoms with van der Waals surface area (Å²) in [6.07, 6.45) is -1.78. The fourth-order valence-electron chi connectivity index (χ4n) is 3.81. The maximum Gasteiger partial charge on any atom is 0.274 e. The van der Waals surface area contributed by atoms with Gasteiger partial charge in [0.25, 0.3) is 15.3 Å². The molecule has 138 valence electrons. The van der Waals surface area contributed by atoms with Crippen molar-refractivity contribution in [2.24, 2.45) is 0 Å². The van der Waals surface area contributed by atoms with Crippen molar-refractivity contribution in [3.8, 4) is 0 Å². The summed E-state index contributed by atoms with van der Waals surface area (Å²) in [5.74, 6) is 0. The molecule has 0 saturated heterocycles. The first-order valence-electron chi connectivity index (χ1n) is 9.44. The van der Waals surface area contributed by atoms with Gasteiger partial charge in [-0.25, -0.2) is 0 Å². The molecule has 0 aromatic carbocycles. The topological polar surface area (TPSA) is 18.5 Å². The van der Waals surface area contributed by atoms with E-state index in [1.807, 2.05) is 26.2 Å². The molecule has 2 nitrogen and oxygen atoms in total. The minimum Gasteiger partial charge on any atom is -0.445 e. The number of hydrogen-bond acceptors (Lipinski definition) is 2. The van der Waals surface area contributed by atoms with Crippen LogP contribution in [0.25, 0.3) is 0 Å². The Balaban J connectivity index is 6.21. The van der Waals surface area contributed by atoms with Gasteiger partial charge in [-0.15, -0.1) is 22.2 Å². The fraction of sp³-hybridized carbons (Fsp3) is 0.900. The van der Waals surface area contributed by atoms with E-state index in [-0.39, 0.29) is 18.3 Å². The molecule has 0 aliphatic heterocycles. The molecule has 0 N–H and O–H groups in total. The van der Waals surface area contributed by atoms with Crippen LogP contribution in [0.2, 0.25) is 57.8 Å². The third-order valence-electron chi connectivity index (χ3n) is 4.37. The van der Waals surface area contributed by atoms with Crippen molar-refractivity contribution in [3.05, 3.63) is 6.04 Å². The van der Waals surface area contributed by atoms with Gasteiger partial charge in [-0.05, 0) is 58.4 Å². The summed E-state index contributed by atoms with van der Waals surface area (Å²) >= 11 is 13.0. The first kappa shape index (κ1) is 30.0. The van der Waals surface area contributed by atoms with Crippen LogP contribution in [0, 0.1) is 6.04 Å². The highest BCUT2D eigenvalue weighted by Crippen LogP contribution is 2.37. The molecule has 12 radical (unpaired) electrons. The largest absolute Gasteiger partial charge is 0.445 e. The second kappa shape index (κ2) is 11.2.